The molecular weight excluding hydrogens is 186 g/mol. The van der Waals surface area contributed by atoms with Crippen molar-refractivity contribution < 1.29 is 8.78 Å². The number of hydrogen-bond acceptors (Lipinski definition) is 2. The van der Waals surface area contributed by atoms with Crippen LogP contribution >= 0.6 is 0 Å². The average Bonchev–Trinajstić information content (AvgIpc) is 2.18. The standard InChI is InChI=1S/C10H14F2N2/c1-7(14-5-4-13)8-2-3-9(11)10(12)6-8/h2-3,6-7,14H,4-5,13H2,1H3/t7-/m0/s1. The third-order valence-corrected chi connectivity index (χ3v) is 2.04. The Balaban J connectivity index is 2.70. The normalized spacial score (nSPS) is 12.9. The van der Waals surface area contributed by atoms with E-state index in [0.29, 0.717) is 13.1 Å². The van der Waals surface area contributed by atoms with Crippen molar-refractivity contribution >= 4 is 0 Å². The molecule has 0 heterocycles. The molecule has 0 saturated carbocycles. The lowest BCUT2D eigenvalue weighted by molar-refractivity contribution is 0.501. The summed E-state index contributed by atoms with van der Waals surface area (Å²) in [4.78, 5) is 0. The van der Waals surface area contributed by atoms with E-state index in [1.165, 1.54) is 6.07 Å². The number of nitrogens with two attached hydrogens (primary N) is 1. The Hall–Kier alpha value is -1.00. The highest BCUT2D eigenvalue weighted by Gasteiger charge is 2.07. The van der Waals surface area contributed by atoms with E-state index in [0.717, 1.165) is 11.6 Å². The molecule has 0 aliphatic heterocycles. The molecule has 3 N–H and O–H groups in total. The maximum absolute atomic E-state index is 12.8. The van der Waals surface area contributed by atoms with Crippen LogP contribution in [0.25, 0.3) is 0 Å². The van der Waals surface area contributed by atoms with Gasteiger partial charge in [-0.25, -0.2) is 8.78 Å². The van der Waals surface area contributed by atoms with Crippen LogP contribution in [0.4, 0.5) is 8.78 Å². The molecule has 0 aliphatic rings. The first-order chi connectivity index (χ1) is 6.65. The SMILES string of the molecule is C[C@H](NCCN)c1ccc(F)c(F)c1. The van der Waals surface area contributed by atoms with E-state index in [2.05, 4.69) is 5.32 Å². The summed E-state index contributed by atoms with van der Waals surface area (Å²) in [6, 6.07) is 3.87. The van der Waals surface area contributed by atoms with Gasteiger partial charge in [0.15, 0.2) is 11.6 Å². The highest BCUT2D eigenvalue weighted by molar-refractivity contribution is 5.20. The maximum Gasteiger partial charge on any atom is 0.159 e. The molecule has 1 rings (SSSR count). The number of nitrogens with one attached hydrogen (secondary N) is 1. The van der Waals surface area contributed by atoms with Crippen molar-refractivity contribution in [1.82, 2.24) is 5.32 Å². The minimum atomic E-state index is -0.820. The predicted octanol–water partition coefficient (Wildman–Crippen LogP) is 1.57. The van der Waals surface area contributed by atoms with Crippen LogP contribution in [0.5, 0.6) is 0 Å². The van der Waals surface area contributed by atoms with Crippen LogP contribution in [0.3, 0.4) is 0 Å². The monoisotopic (exact) mass is 200 g/mol. The van der Waals surface area contributed by atoms with Gasteiger partial charge in [0.05, 0.1) is 0 Å². The van der Waals surface area contributed by atoms with Gasteiger partial charge in [-0.05, 0) is 24.6 Å². The molecule has 0 bridgehead atoms. The second-order valence-electron chi connectivity index (χ2n) is 3.14. The van der Waals surface area contributed by atoms with Gasteiger partial charge in [0.1, 0.15) is 0 Å². The van der Waals surface area contributed by atoms with E-state index in [9.17, 15) is 8.78 Å². The summed E-state index contributed by atoms with van der Waals surface area (Å²) < 4.78 is 25.4. The Kier molecular flexibility index (Phi) is 3.98. The van der Waals surface area contributed by atoms with Crippen molar-refractivity contribution in [3.8, 4) is 0 Å². The smallest absolute Gasteiger partial charge is 0.159 e. The lowest BCUT2D eigenvalue weighted by atomic mass is 10.1. The Bertz CT molecular complexity index is 302. The molecule has 0 spiro atoms. The lowest BCUT2D eigenvalue weighted by Gasteiger charge is -2.13. The third kappa shape index (κ3) is 2.75. The fourth-order valence-electron chi connectivity index (χ4n) is 1.20. The summed E-state index contributed by atoms with van der Waals surface area (Å²) in [7, 11) is 0. The topological polar surface area (TPSA) is 38.0 Å². The quantitative estimate of drug-likeness (QED) is 0.774. The number of halogens is 2. The minimum absolute atomic E-state index is 0.0198. The molecule has 1 aromatic carbocycles. The highest BCUT2D eigenvalue weighted by Crippen LogP contribution is 2.15. The third-order valence-electron chi connectivity index (χ3n) is 2.04. The molecule has 0 radical (unpaired) electrons. The maximum atomic E-state index is 12.8. The molecule has 2 nitrogen and oxygen atoms in total. The second kappa shape index (κ2) is 5.02. The van der Waals surface area contributed by atoms with Crippen LogP contribution in [0.1, 0.15) is 18.5 Å². The van der Waals surface area contributed by atoms with E-state index in [1.807, 2.05) is 6.92 Å². The Morgan fingerprint density at radius 2 is 2.07 bits per heavy atom. The first kappa shape index (κ1) is 11.1. The molecule has 0 aromatic heterocycles. The van der Waals surface area contributed by atoms with Gasteiger partial charge in [0.2, 0.25) is 0 Å². The molecule has 78 valence electrons. The van der Waals surface area contributed by atoms with Crippen molar-refractivity contribution in [3.63, 3.8) is 0 Å². The predicted molar refractivity (Wildman–Crippen MR) is 51.8 cm³/mol. The minimum Gasteiger partial charge on any atom is -0.329 e. The number of benzene rings is 1. The molecule has 0 amide bonds. The van der Waals surface area contributed by atoms with E-state index < -0.39 is 11.6 Å². The summed E-state index contributed by atoms with van der Waals surface area (Å²) in [6.45, 7) is 3.05. The van der Waals surface area contributed by atoms with Gasteiger partial charge in [-0.1, -0.05) is 6.07 Å². The van der Waals surface area contributed by atoms with E-state index >= 15 is 0 Å². The van der Waals surface area contributed by atoms with Crippen LogP contribution in [0.15, 0.2) is 18.2 Å². The lowest BCUT2D eigenvalue weighted by Crippen LogP contribution is -2.25. The van der Waals surface area contributed by atoms with Gasteiger partial charge in [0, 0.05) is 19.1 Å². The molecule has 14 heavy (non-hydrogen) atoms. The highest BCUT2D eigenvalue weighted by atomic mass is 19.2. The van der Waals surface area contributed by atoms with Crippen molar-refractivity contribution in [3.05, 3.63) is 35.4 Å². The molecular formula is C10H14F2N2. The zero-order valence-electron chi connectivity index (χ0n) is 8.06. The van der Waals surface area contributed by atoms with E-state index in [-0.39, 0.29) is 6.04 Å². The van der Waals surface area contributed by atoms with Crippen molar-refractivity contribution in [1.29, 1.82) is 0 Å². The summed E-state index contributed by atoms with van der Waals surface area (Å²) in [5, 5.41) is 3.08. The Morgan fingerprint density at radius 1 is 1.36 bits per heavy atom. The van der Waals surface area contributed by atoms with Crippen molar-refractivity contribution in [2.75, 3.05) is 13.1 Å². The van der Waals surface area contributed by atoms with Gasteiger partial charge in [-0.3, -0.25) is 0 Å². The van der Waals surface area contributed by atoms with Crippen LogP contribution in [0.2, 0.25) is 0 Å². The number of rotatable bonds is 4. The second-order valence-corrected chi connectivity index (χ2v) is 3.14. The van der Waals surface area contributed by atoms with Crippen LogP contribution in [-0.2, 0) is 0 Å². The molecule has 4 heteroatoms. The summed E-state index contributed by atoms with van der Waals surface area (Å²) in [5.74, 6) is -1.64. The summed E-state index contributed by atoms with van der Waals surface area (Å²) in [6.07, 6.45) is 0. The fourth-order valence-corrected chi connectivity index (χ4v) is 1.20. The Morgan fingerprint density at radius 3 is 2.64 bits per heavy atom. The van der Waals surface area contributed by atoms with Gasteiger partial charge in [-0.2, -0.15) is 0 Å². The van der Waals surface area contributed by atoms with Crippen molar-refractivity contribution in [2.45, 2.75) is 13.0 Å². The van der Waals surface area contributed by atoms with Gasteiger partial charge in [0.25, 0.3) is 0 Å². The van der Waals surface area contributed by atoms with Crippen LogP contribution < -0.4 is 11.1 Å². The Labute approximate surface area is 82.1 Å². The largest absolute Gasteiger partial charge is 0.329 e. The molecule has 1 aromatic rings. The fraction of sp³-hybridized carbons (Fsp3) is 0.400. The molecule has 1 atom stereocenters. The summed E-state index contributed by atoms with van der Waals surface area (Å²) >= 11 is 0. The molecule has 0 aliphatic carbocycles. The first-order valence-corrected chi connectivity index (χ1v) is 4.53. The van der Waals surface area contributed by atoms with Gasteiger partial charge >= 0.3 is 0 Å². The number of hydrogen-bond donors (Lipinski definition) is 2. The van der Waals surface area contributed by atoms with Crippen molar-refractivity contribution in [2.24, 2.45) is 5.73 Å². The van der Waals surface area contributed by atoms with Crippen LogP contribution in [0, 0.1) is 11.6 Å². The molecule has 0 fully saturated rings. The molecule has 0 unspecified atom stereocenters. The molecule has 0 saturated heterocycles. The van der Waals surface area contributed by atoms with E-state index in [4.69, 9.17) is 5.73 Å². The zero-order chi connectivity index (χ0) is 10.6. The van der Waals surface area contributed by atoms with E-state index in [1.54, 1.807) is 6.07 Å². The van der Waals surface area contributed by atoms with Gasteiger partial charge < -0.3 is 11.1 Å². The summed E-state index contributed by atoms with van der Waals surface area (Å²) in [5.41, 5.74) is 6.03. The zero-order valence-corrected chi connectivity index (χ0v) is 8.06. The van der Waals surface area contributed by atoms with Crippen LogP contribution in [-0.4, -0.2) is 13.1 Å². The average molecular weight is 200 g/mol. The van der Waals surface area contributed by atoms with Gasteiger partial charge in [-0.15, -0.1) is 0 Å². The first-order valence-electron chi connectivity index (χ1n) is 4.53.